The normalized spacial score (nSPS) is 17.5. The van der Waals surface area contributed by atoms with Gasteiger partial charge in [-0.25, -0.2) is 9.59 Å². The van der Waals surface area contributed by atoms with Gasteiger partial charge in [0.25, 0.3) is 0 Å². The molecule has 5 rings (SSSR count). The summed E-state index contributed by atoms with van der Waals surface area (Å²) in [5.41, 5.74) is 4.73. The van der Waals surface area contributed by atoms with E-state index in [-0.39, 0.29) is 36.4 Å². The Morgan fingerprint density at radius 2 is 1.71 bits per heavy atom. The Labute approximate surface area is 198 Å². The van der Waals surface area contributed by atoms with Crippen molar-refractivity contribution < 1.29 is 23.8 Å². The maximum Gasteiger partial charge on any atom is 0.410 e. The van der Waals surface area contributed by atoms with Crippen LogP contribution in [0.3, 0.4) is 0 Å². The van der Waals surface area contributed by atoms with Crippen molar-refractivity contribution in [3.63, 3.8) is 0 Å². The number of nitrogens with one attached hydrogen (secondary N) is 1. The number of carbonyl (C=O) groups is 2. The monoisotopic (exact) mass is 460 g/mol. The first-order chi connectivity index (χ1) is 16.6. The fourth-order valence-corrected chi connectivity index (χ4v) is 5.14. The molecule has 0 saturated carbocycles. The van der Waals surface area contributed by atoms with E-state index in [4.69, 9.17) is 9.15 Å². The number of hydrogen-bond acceptors (Lipinski definition) is 5. The van der Waals surface area contributed by atoms with E-state index in [1.807, 2.05) is 24.3 Å². The number of amides is 1. The summed E-state index contributed by atoms with van der Waals surface area (Å²) in [5.74, 6) is -0.843. The molecule has 0 radical (unpaired) electrons. The predicted molar refractivity (Wildman–Crippen MR) is 127 cm³/mol. The molecule has 0 bridgehead atoms. The molecule has 176 valence electrons. The molecule has 1 atom stereocenters. The van der Waals surface area contributed by atoms with E-state index < -0.39 is 12.1 Å². The third-order valence-electron chi connectivity index (χ3n) is 6.85. The molecular weight excluding hydrogens is 432 g/mol. The lowest BCUT2D eigenvalue weighted by atomic mass is 9.98. The number of carboxylic acid groups (broad SMARTS) is 1. The van der Waals surface area contributed by atoms with Crippen molar-refractivity contribution in [3.05, 3.63) is 83.3 Å². The molecule has 2 N–H and O–H groups in total. The molecule has 2 aromatic carbocycles. The molecule has 1 saturated heterocycles. The fraction of sp³-hybridized carbons (Fsp3) is 0.333. The molecule has 2 heterocycles. The van der Waals surface area contributed by atoms with Crippen LogP contribution >= 0.6 is 0 Å². The number of carbonyl (C=O) groups excluding carboxylic acids is 1. The van der Waals surface area contributed by atoms with E-state index in [1.54, 1.807) is 4.90 Å². The van der Waals surface area contributed by atoms with Crippen molar-refractivity contribution in [1.82, 2.24) is 10.2 Å². The molecule has 1 aliphatic carbocycles. The van der Waals surface area contributed by atoms with E-state index in [9.17, 15) is 14.7 Å². The lowest BCUT2D eigenvalue weighted by Crippen LogP contribution is -2.41. The molecule has 1 amide bonds. The standard InChI is InChI=1S/C27H28N2O5/c30-26(31)23-12-15-33-25(23)16-29(18-6-5-13-28-14-11-18)27(32)34-17-24-21-9-3-1-7-19(21)20-8-2-4-10-22(20)24/h1-4,7-10,12,15,18,24,28H,5-6,11,13-14,16-17H2,(H,30,31). The first kappa shape index (κ1) is 22.2. The van der Waals surface area contributed by atoms with Gasteiger partial charge in [0, 0.05) is 12.0 Å². The highest BCUT2D eigenvalue weighted by molar-refractivity contribution is 5.88. The molecular formula is C27H28N2O5. The average molecular weight is 461 g/mol. The van der Waals surface area contributed by atoms with Crippen LogP contribution in [0.4, 0.5) is 4.79 Å². The number of nitrogens with zero attached hydrogens (tertiary/aromatic N) is 1. The van der Waals surface area contributed by atoms with Gasteiger partial charge < -0.3 is 19.6 Å². The molecule has 1 aliphatic heterocycles. The van der Waals surface area contributed by atoms with Crippen LogP contribution < -0.4 is 5.32 Å². The Hall–Kier alpha value is -3.58. The van der Waals surface area contributed by atoms with Crippen molar-refractivity contribution in [2.75, 3.05) is 19.7 Å². The average Bonchev–Trinajstić information content (AvgIpc) is 3.34. The second kappa shape index (κ2) is 9.73. The summed E-state index contributed by atoms with van der Waals surface area (Å²) in [6.07, 6.45) is 3.43. The topological polar surface area (TPSA) is 92.0 Å². The lowest BCUT2D eigenvalue weighted by Gasteiger charge is -2.30. The molecule has 2 aliphatic rings. The Balaban J connectivity index is 1.37. The maximum atomic E-state index is 13.4. The SMILES string of the molecule is O=C(O)c1ccoc1CN(C(=O)OCC1c2ccccc2-c2ccccc21)C1CCCNCC1. The number of fused-ring (bicyclic) bond motifs is 3. The van der Waals surface area contributed by atoms with Crippen LogP contribution in [0.2, 0.25) is 0 Å². The molecule has 0 spiro atoms. The highest BCUT2D eigenvalue weighted by Crippen LogP contribution is 2.44. The van der Waals surface area contributed by atoms with E-state index in [2.05, 4.69) is 29.6 Å². The van der Waals surface area contributed by atoms with Gasteiger partial charge in [-0.1, -0.05) is 48.5 Å². The van der Waals surface area contributed by atoms with E-state index >= 15 is 0 Å². The summed E-state index contributed by atoms with van der Waals surface area (Å²) in [6.45, 7) is 1.98. The Bertz CT molecular complexity index is 1130. The van der Waals surface area contributed by atoms with Crippen molar-refractivity contribution >= 4 is 12.1 Å². The van der Waals surface area contributed by atoms with Gasteiger partial charge in [0.1, 0.15) is 17.9 Å². The number of hydrogen-bond donors (Lipinski definition) is 2. The zero-order valence-electron chi connectivity index (χ0n) is 18.9. The highest BCUT2D eigenvalue weighted by atomic mass is 16.6. The minimum absolute atomic E-state index is 0.0350. The van der Waals surface area contributed by atoms with Crippen LogP contribution in [0.25, 0.3) is 11.1 Å². The number of ether oxygens (including phenoxy) is 1. The molecule has 34 heavy (non-hydrogen) atoms. The van der Waals surface area contributed by atoms with E-state index in [0.29, 0.717) is 0 Å². The van der Waals surface area contributed by atoms with Crippen LogP contribution in [0.1, 0.15) is 52.4 Å². The number of aromatic carboxylic acids is 1. The molecule has 3 aromatic rings. The summed E-state index contributed by atoms with van der Waals surface area (Å²) < 4.78 is 11.4. The van der Waals surface area contributed by atoms with Gasteiger partial charge in [0.2, 0.25) is 0 Å². The molecule has 7 heteroatoms. The first-order valence-electron chi connectivity index (χ1n) is 11.8. The zero-order valence-corrected chi connectivity index (χ0v) is 18.9. The van der Waals surface area contributed by atoms with Crippen LogP contribution in [-0.2, 0) is 11.3 Å². The predicted octanol–water partition coefficient (Wildman–Crippen LogP) is 4.87. The molecule has 7 nitrogen and oxygen atoms in total. The summed E-state index contributed by atoms with van der Waals surface area (Å²) in [6, 6.07) is 17.8. The second-order valence-electron chi connectivity index (χ2n) is 8.83. The van der Waals surface area contributed by atoms with Crippen LogP contribution in [0, 0.1) is 0 Å². The van der Waals surface area contributed by atoms with Crippen LogP contribution in [-0.4, -0.2) is 47.8 Å². The first-order valence-corrected chi connectivity index (χ1v) is 11.8. The van der Waals surface area contributed by atoms with Gasteiger partial charge in [-0.15, -0.1) is 0 Å². The molecule has 1 unspecified atom stereocenters. The van der Waals surface area contributed by atoms with Gasteiger partial charge in [0.15, 0.2) is 0 Å². The van der Waals surface area contributed by atoms with Crippen LogP contribution in [0.5, 0.6) is 0 Å². The Morgan fingerprint density at radius 1 is 1.00 bits per heavy atom. The number of rotatable bonds is 6. The third-order valence-corrected chi connectivity index (χ3v) is 6.85. The Morgan fingerprint density at radius 3 is 2.41 bits per heavy atom. The molecule has 1 aromatic heterocycles. The lowest BCUT2D eigenvalue weighted by molar-refractivity contribution is 0.0666. The maximum absolute atomic E-state index is 13.4. The summed E-state index contributed by atoms with van der Waals surface area (Å²) in [5, 5.41) is 12.9. The summed E-state index contributed by atoms with van der Waals surface area (Å²) in [7, 11) is 0. The quantitative estimate of drug-likeness (QED) is 0.545. The number of furan rings is 1. The van der Waals surface area contributed by atoms with Crippen molar-refractivity contribution in [2.45, 2.75) is 37.8 Å². The second-order valence-corrected chi connectivity index (χ2v) is 8.83. The highest BCUT2D eigenvalue weighted by Gasteiger charge is 2.32. The minimum Gasteiger partial charge on any atom is -0.478 e. The van der Waals surface area contributed by atoms with Gasteiger partial charge in [0.05, 0.1) is 12.8 Å². The summed E-state index contributed by atoms with van der Waals surface area (Å²) >= 11 is 0. The largest absolute Gasteiger partial charge is 0.478 e. The van der Waals surface area contributed by atoms with Gasteiger partial charge >= 0.3 is 12.1 Å². The van der Waals surface area contributed by atoms with Crippen molar-refractivity contribution in [1.29, 1.82) is 0 Å². The van der Waals surface area contributed by atoms with Crippen LogP contribution in [0.15, 0.2) is 65.3 Å². The minimum atomic E-state index is -1.07. The number of benzene rings is 2. The zero-order chi connectivity index (χ0) is 23.5. The van der Waals surface area contributed by atoms with Crippen molar-refractivity contribution in [2.24, 2.45) is 0 Å². The Kier molecular flexibility index (Phi) is 6.36. The third kappa shape index (κ3) is 4.31. The van der Waals surface area contributed by atoms with Gasteiger partial charge in [-0.2, -0.15) is 0 Å². The van der Waals surface area contributed by atoms with E-state index in [1.165, 1.54) is 23.5 Å². The smallest absolute Gasteiger partial charge is 0.410 e. The fourth-order valence-electron chi connectivity index (χ4n) is 5.14. The molecule has 1 fully saturated rings. The number of carboxylic acids is 1. The summed E-state index contributed by atoms with van der Waals surface area (Å²) in [4.78, 5) is 26.7. The van der Waals surface area contributed by atoms with Gasteiger partial charge in [-0.3, -0.25) is 4.90 Å². The van der Waals surface area contributed by atoms with Gasteiger partial charge in [-0.05, 0) is 60.7 Å². The van der Waals surface area contributed by atoms with Crippen molar-refractivity contribution in [3.8, 4) is 11.1 Å². The van der Waals surface area contributed by atoms with E-state index in [0.717, 1.165) is 43.5 Å².